The smallest absolute Gasteiger partial charge is 0.373 e. The van der Waals surface area contributed by atoms with Gasteiger partial charge in [0.25, 0.3) is 0 Å². The first-order valence-electron chi connectivity index (χ1n) is 7.72. The highest BCUT2D eigenvalue weighted by Crippen LogP contribution is 2.36. The number of aromatic nitrogens is 3. The molecule has 3 aromatic rings. The number of nitrogens with one attached hydrogen (secondary N) is 1. The van der Waals surface area contributed by atoms with Crippen molar-refractivity contribution in [1.82, 2.24) is 15.0 Å². The van der Waals surface area contributed by atoms with E-state index in [9.17, 15) is 10.1 Å². The molecule has 8 nitrogen and oxygen atoms in total. The van der Waals surface area contributed by atoms with E-state index in [2.05, 4.69) is 20.3 Å². The van der Waals surface area contributed by atoms with E-state index in [4.69, 9.17) is 16.3 Å². The van der Waals surface area contributed by atoms with Crippen LogP contribution < -0.4 is 10.1 Å². The van der Waals surface area contributed by atoms with E-state index >= 15 is 0 Å². The quantitative estimate of drug-likeness (QED) is 0.385. The number of aryl methyl sites for hydroxylation is 1. The molecule has 0 radical (unpaired) electrons. The highest BCUT2D eigenvalue weighted by molar-refractivity contribution is 6.32. The second-order valence-corrected chi connectivity index (χ2v) is 5.56. The Labute approximate surface area is 154 Å². The molecule has 132 valence electrons. The molecule has 0 aliphatic rings. The summed E-state index contributed by atoms with van der Waals surface area (Å²) in [5.74, 6) is 0.228. The number of hydrogen-bond acceptors (Lipinski definition) is 7. The molecule has 0 bridgehead atoms. The van der Waals surface area contributed by atoms with Gasteiger partial charge in [0, 0.05) is 6.20 Å². The Bertz CT molecular complexity index is 934. The van der Waals surface area contributed by atoms with Gasteiger partial charge in [-0.25, -0.2) is 9.97 Å². The fourth-order valence-corrected chi connectivity index (χ4v) is 2.37. The predicted octanol–water partition coefficient (Wildman–Crippen LogP) is 4.53. The van der Waals surface area contributed by atoms with Crippen molar-refractivity contribution in [3.63, 3.8) is 0 Å². The van der Waals surface area contributed by atoms with Gasteiger partial charge in [-0.3, -0.25) is 10.1 Å². The normalized spacial score (nSPS) is 10.4. The molecular formula is C17H14ClN5O3. The highest BCUT2D eigenvalue weighted by Gasteiger charge is 2.25. The third kappa shape index (κ3) is 3.86. The van der Waals surface area contributed by atoms with Crippen molar-refractivity contribution in [3.8, 4) is 11.6 Å². The molecule has 0 spiro atoms. The first-order valence-corrected chi connectivity index (χ1v) is 8.10. The van der Waals surface area contributed by atoms with Crippen LogP contribution in [0.4, 0.5) is 17.2 Å². The SMILES string of the molecule is CCc1ccc(Oc2ncnc(Nc3cccnc3Cl)c2[N+](=O)[O-])cc1. The maximum absolute atomic E-state index is 11.6. The van der Waals surface area contributed by atoms with Gasteiger partial charge in [-0.2, -0.15) is 4.98 Å². The summed E-state index contributed by atoms with van der Waals surface area (Å²) in [6, 6.07) is 10.5. The number of rotatable bonds is 6. The summed E-state index contributed by atoms with van der Waals surface area (Å²) in [5, 5.41) is 14.5. The van der Waals surface area contributed by atoms with E-state index in [-0.39, 0.29) is 16.9 Å². The molecule has 26 heavy (non-hydrogen) atoms. The number of pyridine rings is 1. The number of nitro groups is 1. The fourth-order valence-electron chi connectivity index (χ4n) is 2.21. The molecule has 0 unspecified atom stereocenters. The van der Waals surface area contributed by atoms with Crippen LogP contribution in [0.2, 0.25) is 5.15 Å². The molecule has 9 heteroatoms. The average Bonchev–Trinajstić information content (AvgIpc) is 2.64. The number of hydrogen-bond donors (Lipinski definition) is 1. The summed E-state index contributed by atoms with van der Waals surface area (Å²) >= 11 is 5.99. The lowest BCUT2D eigenvalue weighted by Gasteiger charge is -2.10. The van der Waals surface area contributed by atoms with E-state index in [1.807, 2.05) is 19.1 Å². The minimum absolute atomic E-state index is 0.0416. The molecule has 2 aromatic heterocycles. The van der Waals surface area contributed by atoms with Crippen LogP contribution in [-0.2, 0) is 6.42 Å². The Morgan fingerprint density at radius 1 is 1.19 bits per heavy atom. The Morgan fingerprint density at radius 2 is 1.96 bits per heavy atom. The van der Waals surface area contributed by atoms with Crippen LogP contribution in [0.1, 0.15) is 12.5 Å². The lowest BCUT2D eigenvalue weighted by molar-refractivity contribution is -0.385. The van der Waals surface area contributed by atoms with Crippen LogP contribution in [-0.4, -0.2) is 19.9 Å². The lowest BCUT2D eigenvalue weighted by atomic mass is 10.2. The monoisotopic (exact) mass is 371 g/mol. The summed E-state index contributed by atoms with van der Waals surface area (Å²) in [6.45, 7) is 2.03. The van der Waals surface area contributed by atoms with Crippen LogP contribution in [0.25, 0.3) is 0 Å². The molecule has 0 aliphatic heterocycles. The zero-order valence-electron chi connectivity index (χ0n) is 13.7. The Hall–Kier alpha value is -3.26. The van der Waals surface area contributed by atoms with E-state index < -0.39 is 10.6 Å². The van der Waals surface area contributed by atoms with Gasteiger partial charge in [0.15, 0.2) is 5.15 Å². The van der Waals surface area contributed by atoms with Crippen molar-refractivity contribution in [2.45, 2.75) is 13.3 Å². The van der Waals surface area contributed by atoms with Crippen LogP contribution in [0.5, 0.6) is 11.6 Å². The van der Waals surface area contributed by atoms with Gasteiger partial charge < -0.3 is 10.1 Å². The molecule has 1 N–H and O–H groups in total. The molecule has 0 saturated carbocycles. The van der Waals surface area contributed by atoms with Crippen LogP contribution in [0.15, 0.2) is 48.9 Å². The number of benzene rings is 1. The van der Waals surface area contributed by atoms with Crippen LogP contribution in [0, 0.1) is 10.1 Å². The zero-order valence-corrected chi connectivity index (χ0v) is 14.5. The first kappa shape index (κ1) is 17.6. The van der Waals surface area contributed by atoms with Gasteiger partial charge in [0.2, 0.25) is 5.82 Å². The number of ether oxygens (including phenoxy) is 1. The van der Waals surface area contributed by atoms with Crippen LogP contribution in [0.3, 0.4) is 0 Å². The summed E-state index contributed by atoms with van der Waals surface area (Å²) in [4.78, 5) is 22.7. The highest BCUT2D eigenvalue weighted by atomic mass is 35.5. The summed E-state index contributed by atoms with van der Waals surface area (Å²) in [7, 11) is 0. The maximum Gasteiger partial charge on any atom is 0.373 e. The van der Waals surface area contributed by atoms with Gasteiger partial charge in [-0.1, -0.05) is 30.7 Å². The summed E-state index contributed by atoms with van der Waals surface area (Å²) < 4.78 is 5.60. The second-order valence-electron chi connectivity index (χ2n) is 5.20. The largest absolute Gasteiger partial charge is 0.434 e. The third-order valence-electron chi connectivity index (χ3n) is 3.53. The molecule has 0 saturated heterocycles. The maximum atomic E-state index is 11.6. The first-order chi connectivity index (χ1) is 12.6. The predicted molar refractivity (Wildman–Crippen MR) is 97.1 cm³/mol. The Balaban J connectivity index is 1.95. The molecule has 3 rings (SSSR count). The van der Waals surface area contributed by atoms with Crippen molar-refractivity contribution in [1.29, 1.82) is 0 Å². The Morgan fingerprint density at radius 3 is 2.62 bits per heavy atom. The fraction of sp³-hybridized carbons (Fsp3) is 0.118. The lowest BCUT2D eigenvalue weighted by Crippen LogP contribution is -2.04. The average molecular weight is 372 g/mol. The van der Waals surface area contributed by atoms with Crippen molar-refractivity contribution in [2.24, 2.45) is 0 Å². The minimum Gasteiger partial charge on any atom is -0.434 e. The second kappa shape index (κ2) is 7.75. The van der Waals surface area contributed by atoms with E-state index in [0.717, 1.165) is 12.0 Å². The van der Waals surface area contributed by atoms with E-state index in [0.29, 0.717) is 11.4 Å². The topological polar surface area (TPSA) is 103 Å². The van der Waals surface area contributed by atoms with Gasteiger partial charge in [0.05, 0.1) is 10.6 Å². The molecule has 0 amide bonds. The van der Waals surface area contributed by atoms with E-state index in [1.54, 1.807) is 24.3 Å². The summed E-state index contributed by atoms with van der Waals surface area (Å²) in [5.41, 5.74) is 1.12. The van der Waals surface area contributed by atoms with Gasteiger partial charge in [-0.15, -0.1) is 0 Å². The molecule has 1 aromatic carbocycles. The van der Waals surface area contributed by atoms with Crippen molar-refractivity contribution >= 4 is 28.8 Å². The number of anilines is 2. The molecule has 0 fully saturated rings. The van der Waals surface area contributed by atoms with Gasteiger partial charge >= 0.3 is 11.6 Å². The third-order valence-corrected chi connectivity index (χ3v) is 3.83. The van der Waals surface area contributed by atoms with Crippen molar-refractivity contribution < 1.29 is 9.66 Å². The molecule has 2 heterocycles. The molecular weight excluding hydrogens is 358 g/mol. The van der Waals surface area contributed by atoms with Crippen LogP contribution >= 0.6 is 11.6 Å². The minimum atomic E-state index is -0.609. The number of nitrogens with zero attached hydrogens (tertiary/aromatic N) is 4. The molecule has 0 aliphatic carbocycles. The van der Waals surface area contributed by atoms with Crippen molar-refractivity contribution in [3.05, 3.63) is 69.8 Å². The molecule has 0 atom stereocenters. The van der Waals surface area contributed by atoms with Gasteiger partial charge in [-0.05, 0) is 36.2 Å². The number of halogens is 1. The standard InChI is InChI=1S/C17H14ClN5O3/c1-2-11-5-7-12(8-6-11)26-17-14(23(24)25)16(20-10-21-17)22-13-4-3-9-19-15(13)18/h3-10H,2H2,1H3,(H,20,21,22). The van der Waals surface area contributed by atoms with Gasteiger partial charge in [0.1, 0.15) is 12.1 Å². The summed E-state index contributed by atoms with van der Waals surface area (Å²) in [6.07, 6.45) is 3.57. The zero-order chi connectivity index (χ0) is 18.5. The van der Waals surface area contributed by atoms with E-state index in [1.165, 1.54) is 12.5 Å². The van der Waals surface area contributed by atoms with Crippen molar-refractivity contribution in [2.75, 3.05) is 5.32 Å². The Kier molecular flexibility index (Phi) is 5.23.